The molecule has 156 valence electrons. The average molecular weight is 444 g/mol. The number of para-hydroxylation sites is 1. The second kappa shape index (κ2) is 7.10. The first kappa shape index (κ1) is 20.9. The van der Waals surface area contributed by atoms with Crippen LogP contribution in [0.2, 0.25) is 10.0 Å². The summed E-state index contributed by atoms with van der Waals surface area (Å²) in [6, 6.07) is 14.3. The van der Waals surface area contributed by atoms with Crippen LogP contribution in [0, 0.1) is 16.2 Å². The zero-order valence-corrected chi connectivity index (χ0v) is 18.6. The molecule has 2 fully saturated rings. The molecule has 2 aliphatic rings. The SMILES string of the molecule is CC12CCC(C(=O)Nc3ccc(Cl)c(Cl)c3)(C(=O)C1=NNc1ccccc1)C2(C)C. The number of nitrogens with one attached hydrogen (secondary N) is 2. The van der Waals surface area contributed by atoms with E-state index in [0.29, 0.717) is 34.3 Å². The van der Waals surface area contributed by atoms with Gasteiger partial charge < -0.3 is 5.32 Å². The van der Waals surface area contributed by atoms with Gasteiger partial charge in [0.05, 0.1) is 15.7 Å². The molecule has 2 saturated carbocycles. The summed E-state index contributed by atoms with van der Waals surface area (Å²) in [7, 11) is 0. The Morgan fingerprint density at radius 1 is 0.967 bits per heavy atom. The van der Waals surface area contributed by atoms with Gasteiger partial charge in [0.25, 0.3) is 0 Å². The molecule has 0 radical (unpaired) electrons. The van der Waals surface area contributed by atoms with Crippen LogP contribution in [0.5, 0.6) is 0 Å². The first-order valence-electron chi connectivity index (χ1n) is 9.84. The van der Waals surface area contributed by atoms with Gasteiger partial charge in [0.15, 0.2) is 5.78 Å². The molecule has 2 N–H and O–H groups in total. The second-order valence-corrected chi connectivity index (χ2v) is 9.53. The normalized spacial score (nSPS) is 28.0. The third-order valence-corrected chi connectivity index (χ3v) is 7.95. The lowest BCUT2D eigenvalue weighted by Gasteiger charge is -2.37. The van der Waals surface area contributed by atoms with E-state index in [9.17, 15) is 9.59 Å². The van der Waals surface area contributed by atoms with Gasteiger partial charge in [-0.2, -0.15) is 5.10 Å². The number of benzene rings is 2. The van der Waals surface area contributed by atoms with Crippen molar-refractivity contribution in [2.24, 2.45) is 21.3 Å². The van der Waals surface area contributed by atoms with Gasteiger partial charge in [0.2, 0.25) is 5.91 Å². The van der Waals surface area contributed by atoms with Gasteiger partial charge in [-0.25, -0.2) is 0 Å². The molecule has 2 unspecified atom stereocenters. The lowest BCUT2D eigenvalue weighted by Crippen LogP contribution is -2.47. The molecular formula is C23H23Cl2N3O2. The van der Waals surface area contributed by atoms with Crippen LogP contribution < -0.4 is 10.7 Å². The van der Waals surface area contributed by atoms with E-state index in [1.54, 1.807) is 18.2 Å². The standard InChI is InChI=1S/C23H23Cl2N3O2/c1-21(2)22(3)11-12-23(21,20(30)26-15-9-10-16(24)17(25)13-15)19(29)18(22)28-27-14-7-5-4-6-8-14/h4-10,13,27H,11-12H2,1-3H3,(H,26,30). The number of halogens is 2. The summed E-state index contributed by atoms with van der Waals surface area (Å²) < 4.78 is 0. The van der Waals surface area contributed by atoms with Gasteiger partial charge in [-0.15, -0.1) is 0 Å². The minimum atomic E-state index is -1.19. The first-order valence-corrected chi connectivity index (χ1v) is 10.6. The summed E-state index contributed by atoms with van der Waals surface area (Å²) in [5, 5.41) is 8.12. The number of carbonyl (C=O) groups excluding carboxylic acids is 2. The van der Waals surface area contributed by atoms with Crippen LogP contribution in [0.1, 0.15) is 33.6 Å². The number of amides is 1. The van der Waals surface area contributed by atoms with Gasteiger partial charge >= 0.3 is 0 Å². The fourth-order valence-corrected chi connectivity index (χ4v) is 5.22. The van der Waals surface area contributed by atoms with Gasteiger partial charge in [0, 0.05) is 11.1 Å². The van der Waals surface area contributed by atoms with E-state index in [-0.39, 0.29) is 11.7 Å². The number of nitrogens with zero attached hydrogens (tertiary/aromatic N) is 1. The van der Waals surface area contributed by atoms with E-state index < -0.39 is 16.2 Å². The number of hydrogen-bond donors (Lipinski definition) is 2. The summed E-state index contributed by atoms with van der Waals surface area (Å²) in [5.74, 6) is -0.549. The van der Waals surface area contributed by atoms with Crippen molar-refractivity contribution >= 4 is 52.0 Å². The predicted octanol–water partition coefficient (Wildman–Crippen LogP) is 5.80. The zero-order valence-electron chi connectivity index (χ0n) is 17.1. The molecule has 5 nitrogen and oxygen atoms in total. The maximum absolute atomic E-state index is 13.6. The number of anilines is 2. The quantitative estimate of drug-likeness (QED) is 0.463. The van der Waals surface area contributed by atoms with Crippen molar-refractivity contribution in [1.82, 2.24) is 0 Å². The van der Waals surface area contributed by atoms with E-state index in [2.05, 4.69) is 15.8 Å². The number of fused-ring (bicyclic) bond motifs is 2. The fraction of sp³-hybridized carbons (Fsp3) is 0.348. The maximum Gasteiger partial charge on any atom is 0.239 e. The van der Waals surface area contributed by atoms with Crippen molar-refractivity contribution in [2.45, 2.75) is 33.6 Å². The fourth-order valence-electron chi connectivity index (χ4n) is 4.92. The Balaban J connectivity index is 1.69. The molecule has 0 aliphatic heterocycles. The molecule has 2 bridgehead atoms. The summed E-state index contributed by atoms with van der Waals surface area (Å²) in [5.41, 5.74) is 2.40. The highest BCUT2D eigenvalue weighted by molar-refractivity contribution is 6.51. The van der Waals surface area contributed by atoms with E-state index in [0.717, 1.165) is 5.69 Å². The van der Waals surface area contributed by atoms with Crippen LogP contribution in [0.4, 0.5) is 11.4 Å². The number of ketones is 1. The minimum absolute atomic E-state index is 0.220. The number of carbonyl (C=O) groups is 2. The summed E-state index contributed by atoms with van der Waals surface area (Å²) in [6.07, 6.45) is 1.18. The topological polar surface area (TPSA) is 70.6 Å². The molecule has 2 aliphatic carbocycles. The number of hydrogen-bond acceptors (Lipinski definition) is 4. The summed E-state index contributed by atoms with van der Waals surface area (Å²) in [6.45, 7) is 5.99. The van der Waals surface area contributed by atoms with Crippen LogP contribution in [0.25, 0.3) is 0 Å². The van der Waals surface area contributed by atoms with E-state index in [1.165, 1.54) is 0 Å². The van der Waals surface area contributed by atoms with Crippen LogP contribution in [0.3, 0.4) is 0 Å². The molecule has 2 atom stereocenters. The minimum Gasteiger partial charge on any atom is -0.325 e. The molecule has 1 amide bonds. The summed E-state index contributed by atoms with van der Waals surface area (Å²) in [4.78, 5) is 27.1. The third-order valence-electron chi connectivity index (χ3n) is 7.21. The van der Waals surface area contributed by atoms with Crippen LogP contribution in [-0.4, -0.2) is 17.4 Å². The molecule has 0 heterocycles. The number of rotatable bonds is 4. The second-order valence-electron chi connectivity index (χ2n) is 8.71. The first-order chi connectivity index (χ1) is 14.1. The van der Waals surface area contributed by atoms with Crippen molar-refractivity contribution in [3.05, 3.63) is 58.6 Å². The molecule has 30 heavy (non-hydrogen) atoms. The van der Waals surface area contributed by atoms with Crippen molar-refractivity contribution < 1.29 is 9.59 Å². The van der Waals surface area contributed by atoms with Crippen LogP contribution in [-0.2, 0) is 9.59 Å². The molecule has 4 rings (SSSR count). The monoisotopic (exact) mass is 443 g/mol. The predicted molar refractivity (Wildman–Crippen MR) is 121 cm³/mol. The Morgan fingerprint density at radius 2 is 1.67 bits per heavy atom. The van der Waals surface area contributed by atoms with Crippen molar-refractivity contribution in [3.63, 3.8) is 0 Å². The van der Waals surface area contributed by atoms with Crippen LogP contribution >= 0.6 is 23.2 Å². The van der Waals surface area contributed by atoms with Crippen LogP contribution in [0.15, 0.2) is 53.6 Å². The average Bonchev–Trinajstić information content (AvgIpc) is 2.99. The highest BCUT2D eigenvalue weighted by atomic mass is 35.5. The van der Waals surface area contributed by atoms with Gasteiger partial charge in [-0.3, -0.25) is 15.0 Å². The zero-order chi connectivity index (χ0) is 21.7. The van der Waals surface area contributed by atoms with E-state index in [4.69, 9.17) is 23.2 Å². The lowest BCUT2D eigenvalue weighted by atomic mass is 9.64. The molecule has 0 saturated heterocycles. The van der Waals surface area contributed by atoms with Gasteiger partial charge in [-0.1, -0.05) is 62.2 Å². The highest BCUT2D eigenvalue weighted by Crippen LogP contribution is 2.69. The largest absolute Gasteiger partial charge is 0.325 e. The van der Waals surface area contributed by atoms with Gasteiger partial charge in [0.1, 0.15) is 11.1 Å². The molecule has 2 aromatic rings. The maximum atomic E-state index is 13.6. The lowest BCUT2D eigenvalue weighted by molar-refractivity contribution is -0.139. The number of hydrazone groups is 1. The Bertz CT molecular complexity index is 1070. The van der Waals surface area contributed by atoms with Crippen molar-refractivity contribution in [3.8, 4) is 0 Å². The van der Waals surface area contributed by atoms with E-state index >= 15 is 0 Å². The van der Waals surface area contributed by atoms with Crippen molar-refractivity contribution in [1.29, 1.82) is 0 Å². The molecule has 7 heteroatoms. The summed E-state index contributed by atoms with van der Waals surface area (Å²) >= 11 is 12.1. The molecule has 0 aromatic heterocycles. The Kier molecular flexibility index (Phi) is 4.94. The Hall–Kier alpha value is -2.37. The van der Waals surface area contributed by atoms with Gasteiger partial charge in [-0.05, 0) is 48.6 Å². The molecule has 0 spiro atoms. The Labute approximate surface area is 185 Å². The smallest absolute Gasteiger partial charge is 0.239 e. The molecule has 2 aromatic carbocycles. The number of Topliss-reactive ketones (excluding diaryl/α,β-unsaturated/α-hetero) is 1. The highest BCUT2D eigenvalue weighted by Gasteiger charge is 2.76. The molecular weight excluding hydrogens is 421 g/mol. The van der Waals surface area contributed by atoms with E-state index in [1.807, 2.05) is 51.1 Å². The Morgan fingerprint density at radius 3 is 2.33 bits per heavy atom. The van der Waals surface area contributed by atoms with Crippen molar-refractivity contribution in [2.75, 3.05) is 10.7 Å². The third kappa shape index (κ3) is 2.79.